The third-order valence-corrected chi connectivity index (χ3v) is 2.77. The number of methoxy groups -OCH3 is 1. The molecular weight excluding hydrogens is 250 g/mol. The molecule has 0 aliphatic heterocycles. The summed E-state index contributed by atoms with van der Waals surface area (Å²) in [5.41, 5.74) is 2.94. The van der Waals surface area contributed by atoms with Crippen LogP contribution in [0.15, 0.2) is 30.6 Å². The van der Waals surface area contributed by atoms with Gasteiger partial charge < -0.3 is 10.1 Å². The molecule has 0 saturated heterocycles. The van der Waals surface area contributed by atoms with Crippen molar-refractivity contribution in [3.63, 3.8) is 0 Å². The Morgan fingerprint density at radius 2 is 2.11 bits per heavy atom. The fourth-order valence-corrected chi connectivity index (χ4v) is 1.68. The zero-order valence-corrected chi connectivity index (χ0v) is 11.0. The van der Waals surface area contributed by atoms with Crippen molar-refractivity contribution < 1.29 is 4.74 Å². The van der Waals surface area contributed by atoms with E-state index in [4.69, 9.17) is 16.3 Å². The Morgan fingerprint density at radius 1 is 1.28 bits per heavy atom. The molecule has 5 heteroatoms. The number of nitrogens with zero attached hydrogens (tertiary/aromatic N) is 2. The normalized spacial score (nSPS) is 10.2. The molecule has 0 aromatic carbocycles. The minimum absolute atomic E-state index is 0.474. The molecule has 0 fully saturated rings. The molecule has 0 radical (unpaired) electrons. The van der Waals surface area contributed by atoms with Crippen molar-refractivity contribution in [2.45, 2.75) is 13.5 Å². The molecule has 0 saturated carbocycles. The second-order valence-electron chi connectivity index (χ2n) is 3.91. The molecule has 18 heavy (non-hydrogen) atoms. The Bertz CT molecular complexity index is 528. The van der Waals surface area contributed by atoms with Crippen molar-refractivity contribution >= 4 is 17.3 Å². The van der Waals surface area contributed by atoms with Gasteiger partial charge in [0.05, 0.1) is 12.8 Å². The maximum absolute atomic E-state index is 6.00. The molecule has 0 amide bonds. The monoisotopic (exact) mass is 263 g/mol. The number of aryl methyl sites for hydroxylation is 1. The van der Waals surface area contributed by atoms with Crippen molar-refractivity contribution in [2.75, 3.05) is 12.4 Å². The van der Waals surface area contributed by atoms with Crippen LogP contribution < -0.4 is 10.1 Å². The van der Waals surface area contributed by atoms with E-state index in [9.17, 15) is 0 Å². The number of halogens is 1. The van der Waals surface area contributed by atoms with Crippen LogP contribution in [0.4, 0.5) is 5.69 Å². The predicted molar refractivity (Wildman–Crippen MR) is 72.1 cm³/mol. The van der Waals surface area contributed by atoms with E-state index >= 15 is 0 Å². The van der Waals surface area contributed by atoms with Gasteiger partial charge in [-0.1, -0.05) is 17.7 Å². The number of hydrogen-bond acceptors (Lipinski definition) is 4. The highest BCUT2D eigenvalue weighted by Crippen LogP contribution is 2.20. The van der Waals surface area contributed by atoms with Crippen molar-refractivity contribution in [3.8, 4) is 5.88 Å². The standard InChI is InChI=1S/C13H14ClN3O/c1-9-5-11(13(14)17-6-9)15-7-10-3-4-12(18-2)16-8-10/h3-6,8,15H,7H2,1-2H3. The average Bonchev–Trinajstić information content (AvgIpc) is 2.40. The Labute approximate surface area is 111 Å². The first-order valence-electron chi connectivity index (χ1n) is 5.54. The predicted octanol–water partition coefficient (Wildman–Crippen LogP) is 3.06. The topological polar surface area (TPSA) is 47.0 Å². The van der Waals surface area contributed by atoms with Gasteiger partial charge in [0.25, 0.3) is 0 Å². The summed E-state index contributed by atoms with van der Waals surface area (Å²) in [5, 5.41) is 3.71. The molecule has 2 aromatic heterocycles. The Kier molecular flexibility index (Phi) is 3.99. The van der Waals surface area contributed by atoms with Gasteiger partial charge in [0, 0.05) is 25.0 Å². The second kappa shape index (κ2) is 5.69. The lowest BCUT2D eigenvalue weighted by Gasteiger charge is -2.08. The summed E-state index contributed by atoms with van der Waals surface area (Å²) in [6, 6.07) is 5.75. The first-order chi connectivity index (χ1) is 8.69. The Morgan fingerprint density at radius 3 is 2.78 bits per heavy atom. The molecule has 1 N–H and O–H groups in total. The largest absolute Gasteiger partial charge is 0.481 e. The van der Waals surface area contributed by atoms with Gasteiger partial charge in [-0.3, -0.25) is 0 Å². The first-order valence-corrected chi connectivity index (χ1v) is 5.92. The maximum atomic E-state index is 6.00. The third kappa shape index (κ3) is 3.11. The summed E-state index contributed by atoms with van der Waals surface area (Å²) in [6.07, 6.45) is 3.51. The van der Waals surface area contributed by atoms with E-state index in [2.05, 4.69) is 15.3 Å². The number of nitrogens with one attached hydrogen (secondary N) is 1. The SMILES string of the molecule is COc1ccc(CNc2cc(C)cnc2Cl)cn1. The minimum Gasteiger partial charge on any atom is -0.481 e. The van der Waals surface area contributed by atoms with E-state index in [-0.39, 0.29) is 0 Å². The van der Waals surface area contributed by atoms with Crippen LogP contribution >= 0.6 is 11.6 Å². The van der Waals surface area contributed by atoms with Crippen molar-refractivity contribution in [2.24, 2.45) is 0 Å². The van der Waals surface area contributed by atoms with Gasteiger partial charge in [-0.15, -0.1) is 0 Å². The van der Waals surface area contributed by atoms with Crippen LogP contribution in [0.5, 0.6) is 5.88 Å². The molecular formula is C13H14ClN3O. The molecule has 0 atom stereocenters. The summed E-state index contributed by atoms with van der Waals surface area (Å²) in [7, 11) is 1.60. The van der Waals surface area contributed by atoms with Crippen LogP contribution in [0.1, 0.15) is 11.1 Å². The molecule has 2 aromatic rings. The molecule has 94 valence electrons. The first kappa shape index (κ1) is 12.6. The van der Waals surface area contributed by atoms with Crippen molar-refractivity contribution in [3.05, 3.63) is 46.9 Å². The molecule has 0 bridgehead atoms. The van der Waals surface area contributed by atoms with Crippen LogP contribution in [0.2, 0.25) is 5.15 Å². The van der Waals surface area contributed by atoms with E-state index in [0.29, 0.717) is 17.6 Å². The fourth-order valence-electron chi connectivity index (χ4n) is 1.51. The lowest BCUT2D eigenvalue weighted by Crippen LogP contribution is -2.01. The van der Waals surface area contributed by atoms with Gasteiger partial charge >= 0.3 is 0 Å². The fraction of sp³-hybridized carbons (Fsp3) is 0.231. The van der Waals surface area contributed by atoms with Crippen LogP contribution in [0.3, 0.4) is 0 Å². The van der Waals surface area contributed by atoms with Crippen molar-refractivity contribution in [1.29, 1.82) is 0 Å². The number of rotatable bonds is 4. The summed E-state index contributed by atoms with van der Waals surface area (Å²) < 4.78 is 5.00. The summed E-state index contributed by atoms with van der Waals surface area (Å²) in [4.78, 5) is 8.22. The van der Waals surface area contributed by atoms with Gasteiger partial charge in [-0.05, 0) is 24.1 Å². The second-order valence-corrected chi connectivity index (χ2v) is 4.27. The van der Waals surface area contributed by atoms with Crippen LogP contribution in [0.25, 0.3) is 0 Å². The molecule has 2 heterocycles. The van der Waals surface area contributed by atoms with E-state index in [1.165, 1.54) is 0 Å². The molecule has 2 rings (SSSR count). The molecule has 0 aliphatic rings. The van der Waals surface area contributed by atoms with Crippen LogP contribution in [-0.2, 0) is 6.54 Å². The van der Waals surface area contributed by atoms with Gasteiger partial charge in [0.2, 0.25) is 5.88 Å². The smallest absolute Gasteiger partial charge is 0.212 e. The Hall–Kier alpha value is -1.81. The molecule has 0 unspecified atom stereocenters. The quantitative estimate of drug-likeness (QED) is 0.862. The van der Waals surface area contributed by atoms with E-state index in [0.717, 1.165) is 16.8 Å². The third-order valence-electron chi connectivity index (χ3n) is 2.47. The average molecular weight is 264 g/mol. The summed E-state index contributed by atoms with van der Waals surface area (Å²) >= 11 is 6.00. The van der Waals surface area contributed by atoms with Gasteiger partial charge in [-0.25, -0.2) is 9.97 Å². The number of ether oxygens (including phenoxy) is 1. The minimum atomic E-state index is 0.474. The number of hydrogen-bond donors (Lipinski definition) is 1. The molecule has 0 aliphatic carbocycles. The number of pyridine rings is 2. The number of anilines is 1. The molecule has 0 spiro atoms. The van der Waals surface area contributed by atoms with Gasteiger partial charge in [0.15, 0.2) is 5.15 Å². The lowest BCUT2D eigenvalue weighted by molar-refractivity contribution is 0.397. The van der Waals surface area contributed by atoms with E-state index < -0.39 is 0 Å². The van der Waals surface area contributed by atoms with Crippen LogP contribution in [0, 0.1) is 6.92 Å². The summed E-state index contributed by atoms with van der Waals surface area (Å²) in [5.74, 6) is 0.606. The highest BCUT2D eigenvalue weighted by molar-refractivity contribution is 6.31. The van der Waals surface area contributed by atoms with E-state index in [1.54, 1.807) is 19.5 Å². The highest BCUT2D eigenvalue weighted by atomic mass is 35.5. The van der Waals surface area contributed by atoms with Gasteiger partial charge in [0.1, 0.15) is 0 Å². The zero-order chi connectivity index (χ0) is 13.0. The maximum Gasteiger partial charge on any atom is 0.212 e. The van der Waals surface area contributed by atoms with Crippen LogP contribution in [-0.4, -0.2) is 17.1 Å². The summed E-state index contributed by atoms with van der Waals surface area (Å²) in [6.45, 7) is 2.62. The Balaban J connectivity index is 2.04. The zero-order valence-electron chi connectivity index (χ0n) is 10.3. The lowest BCUT2D eigenvalue weighted by atomic mass is 10.2. The van der Waals surface area contributed by atoms with E-state index in [1.807, 2.05) is 25.1 Å². The van der Waals surface area contributed by atoms with Gasteiger partial charge in [-0.2, -0.15) is 0 Å². The molecule has 4 nitrogen and oxygen atoms in total. The number of aromatic nitrogens is 2. The van der Waals surface area contributed by atoms with Crippen molar-refractivity contribution in [1.82, 2.24) is 9.97 Å². The highest BCUT2D eigenvalue weighted by Gasteiger charge is 2.02.